The lowest BCUT2D eigenvalue weighted by molar-refractivity contribution is -0.130. The molecular formula is C22H31N7O4S. The second-order valence-electron chi connectivity index (χ2n) is 8.43. The van der Waals surface area contributed by atoms with Crippen LogP contribution in [0.1, 0.15) is 30.1 Å². The van der Waals surface area contributed by atoms with Gasteiger partial charge in [-0.25, -0.2) is 4.98 Å². The average molecular weight is 490 g/mol. The molecule has 12 heteroatoms. The van der Waals surface area contributed by atoms with E-state index in [1.54, 1.807) is 37.3 Å². The highest BCUT2D eigenvalue weighted by Gasteiger charge is 2.22. The molecular weight excluding hydrogens is 458 g/mol. The fourth-order valence-corrected chi connectivity index (χ4v) is 4.26. The van der Waals surface area contributed by atoms with E-state index in [-0.39, 0.29) is 17.4 Å². The van der Waals surface area contributed by atoms with E-state index in [9.17, 15) is 18.0 Å². The highest BCUT2D eigenvalue weighted by molar-refractivity contribution is 7.90. The maximum Gasteiger partial charge on any atom is 0.301 e. The van der Waals surface area contributed by atoms with Crippen LogP contribution >= 0.6 is 0 Å². The summed E-state index contributed by atoms with van der Waals surface area (Å²) in [5.41, 5.74) is 7.46. The number of hydrogen-bond donors (Lipinski definition) is 4. The molecule has 0 spiro atoms. The van der Waals surface area contributed by atoms with E-state index in [2.05, 4.69) is 20.3 Å². The predicted molar refractivity (Wildman–Crippen MR) is 132 cm³/mol. The largest absolute Gasteiger partial charge is 0.384 e. The SMILES string of the molecule is CC(=O)N1CCC[C@H](CNc2cc(Nc3ccc(NS(=O)(=O)N(C)C)cc3)ncc2C(N)=O)C1. The summed E-state index contributed by atoms with van der Waals surface area (Å²) in [6, 6.07) is 8.38. The Morgan fingerprint density at radius 1 is 1.21 bits per heavy atom. The number of primary amides is 1. The first kappa shape index (κ1) is 25.2. The number of aromatic nitrogens is 1. The van der Waals surface area contributed by atoms with E-state index >= 15 is 0 Å². The lowest BCUT2D eigenvalue weighted by atomic mass is 9.97. The van der Waals surface area contributed by atoms with Gasteiger partial charge in [-0.1, -0.05) is 0 Å². The van der Waals surface area contributed by atoms with E-state index in [0.717, 1.165) is 23.7 Å². The van der Waals surface area contributed by atoms with Crippen molar-refractivity contribution < 1.29 is 18.0 Å². The lowest BCUT2D eigenvalue weighted by Gasteiger charge is -2.32. The van der Waals surface area contributed by atoms with Crippen LogP contribution in [0, 0.1) is 5.92 Å². The zero-order chi connectivity index (χ0) is 24.9. The van der Waals surface area contributed by atoms with Gasteiger partial charge in [0.25, 0.3) is 5.91 Å². The van der Waals surface area contributed by atoms with Crippen molar-refractivity contribution in [1.82, 2.24) is 14.2 Å². The zero-order valence-corrected chi connectivity index (χ0v) is 20.4. The Kier molecular flexibility index (Phi) is 7.94. The Hall–Kier alpha value is -3.38. The molecule has 184 valence electrons. The molecule has 0 saturated carbocycles. The number of benzene rings is 1. The molecule has 5 N–H and O–H groups in total. The summed E-state index contributed by atoms with van der Waals surface area (Å²) in [5, 5.41) is 6.43. The summed E-state index contributed by atoms with van der Waals surface area (Å²) in [5.74, 6) is 0.233. The lowest BCUT2D eigenvalue weighted by Crippen LogP contribution is -2.40. The van der Waals surface area contributed by atoms with Gasteiger partial charge in [-0.15, -0.1) is 0 Å². The van der Waals surface area contributed by atoms with Gasteiger partial charge in [0.05, 0.1) is 11.3 Å². The average Bonchev–Trinajstić information content (AvgIpc) is 2.79. The number of nitrogens with two attached hydrogens (primary N) is 1. The summed E-state index contributed by atoms with van der Waals surface area (Å²) < 4.78 is 27.5. The number of anilines is 4. The first-order chi connectivity index (χ1) is 16.0. The van der Waals surface area contributed by atoms with Crippen LogP contribution in [0.5, 0.6) is 0 Å². The fraction of sp³-hybridized carbons (Fsp3) is 0.409. The van der Waals surface area contributed by atoms with Crippen molar-refractivity contribution in [3.05, 3.63) is 42.1 Å². The maximum absolute atomic E-state index is 12.0. The van der Waals surface area contributed by atoms with Crippen LogP contribution in [0.2, 0.25) is 0 Å². The van der Waals surface area contributed by atoms with Gasteiger partial charge >= 0.3 is 10.2 Å². The molecule has 2 amide bonds. The number of nitrogens with zero attached hydrogens (tertiary/aromatic N) is 3. The van der Waals surface area contributed by atoms with Crippen molar-refractivity contribution in [2.45, 2.75) is 19.8 Å². The van der Waals surface area contributed by atoms with Crippen molar-refractivity contribution in [2.24, 2.45) is 11.7 Å². The molecule has 34 heavy (non-hydrogen) atoms. The number of pyridine rings is 1. The molecule has 1 aliphatic rings. The van der Waals surface area contributed by atoms with Gasteiger partial charge < -0.3 is 21.3 Å². The second-order valence-corrected chi connectivity index (χ2v) is 10.3. The molecule has 1 aliphatic heterocycles. The van der Waals surface area contributed by atoms with Crippen LogP contribution < -0.4 is 21.1 Å². The molecule has 11 nitrogen and oxygen atoms in total. The van der Waals surface area contributed by atoms with Gasteiger partial charge in [-0.3, -0.25) is 14.3 Å². The summed E-state index contributed by atoms with van der Waals surface area (Å²) in [4.78, 5) is 29.7. The molecule has 0 aliphatic carbocycles. The van der Waals surface area contributed by atoms with Crippen LogP contribution in [0.15, 0.2) is 36.5 Å². The predicted octanol–water partition coefficient (Wildman–Crippen LogP) is 1.81. The third-order valence-electron chi connectivity index (χ3n) is 5.60. The van der Waals surface area contributed by atoms with Crippen LogP contribution in [0.25, 0.3) is 0 Å². The summed E-state index contributed by atoms with van der Waals surface area (Å²) in [7, 11) is -0.702. The third kappa shape index (κ3) is 6.58. The summed E-state index contributed by atoms with van der Waals surface area (Å²) in [6.45, 7) is 3.62. The van der Waals surface area contributed by atoms with Crippen LogP contribution in [-0.4, -0.2) is 68.2 Å². The van der Waals surface area contributed by atoms with E-state index < -0.39 is 16.1 Å². The molecule has 1 saturated heterocycles. The van der Waals surface area contributed by atoms with Crippen molar-refractivity contribution in [3.63, 3.8) is 0 Å². The van der Waals surface area contributed by atoms with Gasteiger partial charge in [0, 0.05) is 64.3 Å². The monoisotopic (exact) mass is 489 g/mol. The molecule has 2 heterocycles. The number of amides is 2. The van der Waals surface area contributed by atoms with Gasteiger partial charge in [0.1, 0.15) is 5.82 Å². The van der Waals surface area contributed by atoms with Crippen molar-refractivity contribution in [1.29, 1.82) is 0 Å². The Labute approximate surface area is 199 Å². The highest BCUT2D eigenvalue weighted by atomic mass is 32.2. The number of hydrogen-bond acceptors (Lipinski definition) is 7. The Balaban J connectivity index is 1.69. The second kappa shape index (κ2) is 10.7. The molecule has 1 aromatic heterocycles. The Bertz CT molecular complexity index is 1140. The number of likely N-dealkylation sites (tertiary alicyclic amines) is 1. The maximum atomic E-state index is 12.0. The minimum absolute atomic E-state index is 0.0680. The van der Waals surface area contributed by atoms with Crippen molar-refractivity contribution in [2.75, 3.05) is 49.1 Å². The molecule has 0 unspecified atom stereocenters. The standard InChI is InChI=1S/C22H31N7O4S/c1-15(30)29-10-4-5-16(14-29)12-24-20-11-21(25-13-19(20)22(23)31)26-17-6-8-18(9-7-17)27-34(32,33)28(2)3/h6-9,11,13,16,27H,4-5,10,12,14H2,1-3H3,(H2,23,31)(H2,24,25,26)/t16-/m1/s1. The Morgan fingerprint density at radius 2 is 1.88 bits per heavy atom. The van der Waals surface area contributed by atoms with Crippen LogP contribution in [0.4, 0.5) is 22.9 Å². The van der Waals surface area contributed by atoms with E-state index in [4.69, 9.17) is 5.73 Å². The molecule has 3 rings (SSSR count). The first-order valence-electron chi connectivity index (χ1n) is 10.9. The summed E-state index contributed by atoms with van der Waals surface area (Å²) >= 11 is 0. The molecule has 1 aromatic carbocycles. The number of carbonyl (C=O) groups is 2. The van der Waals surface area contributed by atoms with Gasteiger partial charge in [0.2, 0.25) is 5.91 Å². The zero-order valence-electron chi connectivity index (χ0n) is 19.5. The van der Waals surface area contributed by atoms with E-state index in [1.165, 1.54) is 20.3 Å². The quantitative estimate of drug-likeness (QED) is 0.419. The summed E-state index contributed by atoms with van der Waals surface area (Å²) in [6.07, 6.45) is 3.34. The minimum Gasteiger partial charge on any atom is -0.384 e. The van der Waals surface area contributed by atoms with Crippen molar-refractivity contribution >= 4 is 44.9 Å². The van der Waals surface area contributed by atoms with Gasteiger partial charge in [-0.05, 0) is 43.0 Å². The number of piperidine rings is 1. The number of nitrogens with one attached hydrogen (secondary N) is 3. The van der Waals surface area contributed by atoms with Crippen LogP contribution in [0.3, 0.4) is 0 Å². The topological polar surface area (TPSA) is 150 Å². The third-order valence-corrected chi connectivity index (χ3v) is 7.05. The first-order valence-corrected chi connectivity index (χ1v) is 12.4. The normalized spacial score (nSPS) is 16.2. The molecule has 2 aromatic rings. The number of rotatable bonds is 9. The van der Waals surface area contributed by atoms with E-state index in [0.29, 0.717) is 36.0 Å². The molecule has 0 bridgehead atoms. The molecule has 1 atom stereocenters. The molecule has 0 radical (unpaired) electrons. The molecule has 1 fully saturated rings. The fourth-order valence-electron chi connectivity index (χ4n) is 3.65. The van der Waals surface area contributed by atoms with E-state index in [1.807, 2.05) is 4.90 Å². The van der Waals surface area contributed by atoms with Gasteiger partial charge in [0.15, 0.2) is 0 Å². The van der Waals surface area contributed by atoms with Crippen LogP contribution in [-0.2, 0) is 15.0 Å². The van der Waals surface area contributed by atoms with Gasteiger partial charge in [-0.2, -0.15) is 12.7 Å². The number of carbonyl (C=O) groups excluding carboxylic acids is 2. The minimum atomic E-state index is -3.59. The highest BCUT2D eigenvalue weighted by Crippen LogP contribution is 2.24. The smallest absolute Gasteiger partial charge is 0.301 e. The Morgan fingerprint density at radius 3 is 2.50 bits per heavy atom. The van der Waals surface area contributed by atoms with Crippen molar-refractivity contribution in [3.8, 4) is 0 Å².